The molecule has 0 spiro atoms. The summed E-state index contributed by atoms with van der Waals surface area (Å²) in [6.45, 7) is -0.0168. The van der Waals surface area contributed by atoms with Crippen LogP contribution in [0.1, 0.15) is 6.42 Å². The van der Waals surface area contributed by atoms with Gasteiger partial charge in [-0.2, -0.15) is 0 Å². The molecule has 1 N–H and O–H groups in total. The summed E-state index contributed by atoms with van der Waals surface area (Å²) >= 11 is 0. The lowest BCUT2D eigenvalue weighted by atomic mass is 10.3. The Bertz CT molecular complexity index is 282. The molecule has 82 valence electrons. The standard InChI is InChI=1S/C11H14O4/c12-11(15-10-6-7-13-8-10)14-9-4-2-1-3-5-9/h1-5,10-12H,6-8H2. The van der Waals surface area contributed by atoms with E-state index in [1.807, 2.05) is 18.2 Å². The first-order valence-electron chi connectivity index (χ1n) is 4.97. The normalized spacial score (nSPS) is 22.6. The molecule has 1 aromatic rings. The fourth-order valence-electron chi connectivity index (χ4n) is 1.43. The minimum absolute atomic E-state index is 0.0660. The van der Waals surface area contributed by atoms with Crippen molar-refractivity contribution in [2.75, 3.05) is 13.2 Å². The fraction of sp³-hybridized carbons (Fsp3) is 0.455. The summed E-state index contributed by atoms with van der Waals surface area (Å²) in [6.07, 6.45) is 0.735. The molecule has 0 radical (unpaired) electrons. The van der Waals surface area contributed by atoms with Crippen LogP contribution in [0.4, 0.5) is 0 Å². The van der Waals surface area contributed by atoms with Crippen LogP contribution in [0.2, 0.25) is 0 Å². The number of rotatable bonds is 4. The van der Waals surface area contributed by atoms with Crippen LogP contribution in [0.5, 0.6) is 5.75 Å². The Hall–Kier alpha value is -1.10. The molecule has 1 aliphatic rings. The average molecular weight is 210 g/mol. The zero-order valence-electron chi connectivity index (χ0n) is 8.33. The van der Waals surface area contributed by atoms with Crippen molar-refractivity contribution in [3.8, 4) is 5.75 Å². The van der Waals surface area contributed by atoms with Gasteiger partial charge in [0.2, 0.25) is 0 Å². The van der Waals surface area contributed by atoms with Gasteiger partial charge in [-0.15, -0.1) is 0 Å². The van der Waals surface area contributed by atoms with E-state index in [1.165, 1.54) is 0 Å². The number of aliphatic hydroxyl groups excluding tert-OH is 1. The molecule has 1 aliphatic heterocycles. The minimum Gasteiger partial charge on any atom is -0.441 e. The predicted molar refractivity (Wildman–Crippen MR) is 53.4 cm³/mol. The van der Waals surface area contributed by atoms with E-state index in [4.69, 9.17) is 14.2 Å². The van der Waals surface area contributed by atoms with Gasteiger partial charge in [0.05, 0.1) is 12.7 Å². The van der Waals surface area contributed by atoms with Crippen LogP contribution in [0.3, 0.4) is 0 Å². The summed E-state index contributed by atoms with van der Waals surface area (Å²) in [5.74, 6) is 0.587. The smallest absolute Gasteiger partial charge is 0.313 e. The maximum Gasteiger partial charge on any atom is 0.313 e. The highest BCUT2D eigenvalue weighted by Gasteiger charge is 2.20. The van der Waals surface area contributed by atoms with Crippen LogP contribution in [-0.2, 0) is 9.47 Å². The number of aliphatic hydroxyl groups is 1. The van der Waals surface area contributed by atoms with Gasteiger partial charge in [0.15, 0.2) is 0 Å². The molecule has 2 atom stereocenters. The van der Waals surface area contributed by atoms with Crippen molar-refractivity contribution >= 4 is 0 Å². The van der Waals surface area contributed by atoms with Gasteiger partial charge in [-0.25, -0.2) is 0 Å². The summed E-state index contributed by atoms with van der Waals surface area (Å²) in [5, 5.41) is 9.46. The van der Waals surface area contributed by atoms with Crippen molar-refractivity contribution in [1.82, 2.24) is 0 Å². The topological polar surface area (TPSA) is 47.9 Å². The third-order valence-electron chi connectivity index (χ3n) is 2.18. The van der Waals surface area contributed by atoms with Gasteiger partial charge in [0.25, 0.3) is 0 Å². The summed E-state index contributed by atoms with van der Waals surface area (Å²) in [7, 11) is 0. The zero-order valence-corrected chi connectivity index (χ0v) is 8.33. The first-order valence-corrected chi connectivity index (χ1v) is 4.97. The highest BCUT2D eigenvalue weighted by molar-refractivity contribution is 5.20. The molecule has 4 nitrogen and oxygen atoms in total. The van der Waals surface area contributed by atoms with E-state index in [9.17, 15) is 5.11 Å². The number of para-hydroxylation sites is 1. The van der Waals surface area contributed by atoms with E-state index in [2.05, 4.69) is 0 Å². The van der Waals surface area contributed by atoms with E-state index in [0.717, 1.165) is 6.42 Å². The first-order chi connectivity index (χ1) is 7.34. The Labute approximate surface area is 88.4 Å². The van der Waals surface area contributed by atoms with Crippen molar-refractivity contribution in [3.05, 3.63) is 30.3 Å². The van der Waals surface area contributed by atoms with Gasteiger partial charge < -0.3 is 19.3 Å². The molecule has 0 amide bonds. The second-order valence-corrected chi connectivity index (χ2v) is 3.36. The summed E-state index contributed by atoms with van der Waals surface area (Å²) in [6, 6.07) is 9.07. The summed E-state index contributed by atoms with van der Waals surface area (Å²) in [5.41, 5.74) is 0. The summed E-state index contributed by atoms with van der Waals surface area (Å²) < 4.78 is 15.5. The maximum absolute atomic E-state index is 9.46. The van der Waals surface area contributed by atoms with Gasteiger partial charge in [0.1, 0.15) is 5.75 Å². The lowest BCUT2D eigenvalue weighted by Gasteiger charge is -2.17. The average Bonchev–Trinajstić information content (AvgIpc) is 2.71. The van der Waals surface area contributed by atoms with Gasteiger partial charge >= 0.3 is 6.48 Å². The number of ether oxygens (including phenoxy) is 3. The zero-order chi connectivity index (χ0) is 10.5. The van der Waals surface area contributed by atoms with E-state index >= 15 is 0 Å². The SMILES string of the molecule is OC(Oc1ccccc1)OC1CCOC1. The molecule has 0 aromatic heterocycles. The van der Waals surface area contributed by atoms with E-state index in [-0.39, 0.29) is 6.10 Å². The highest BCUT2D eigenvalue weighted by atomic mass is 16.8. The van der Waals surface area contributed by atoms with Crippen LogP contribution >= 0.6 is 0 Å². The Balaban J connectivity index is 1.79. The highest BCUT2D eigenvalue weighted by Crippen LogP contribution is 2.14. The van der Waals surface area contributed by atoms with Gasteiger partial charge in [-0.05, 0) is 18.6 Å². The molecule has 1 fully saturated rings. The van der Waals surface area contributed by atoms with Crippen LogP contribution < -0.4 is 4.74 Å². The van der Waals surface area contributed by atoms with E-state index < -0.39 is 6.48 Å². The van der Waals surface area contributed by atoms with E-state index in [1.54, 1.807) is 12.1 Å². The number of hydrogen-bond donors (Lipinski definition) is 1. The molecule has 0 bridgehead atoms. The van der Waals surface area contributed by atoms with E-state index in [0.29, 0.717) is 19.0 Å². The van der Waals surface area contributed by atoms with Crippen LogP contribution in [0.15, 0.2) is 30.3 Å². The van der Waals surface area contributed by atoms with Crippen molar-refractivity contribution in [3.63, 3.8) is 0 Å². The lowest BCUT2D eigenvalue weighted by molar-refractivity contribution is -0.238. The Morgan fingerprint density at radius 2 is 2.13 bits per heavy atom. The second-order valence-electron chi connectivity index (χ2n) is 3.36. The Morgan fingerprint density at radius 1 is 1.33 bits per heavy atom. The molecule has 0 saturated carbocycles. The Kier molecular flexibility index (Phi) is 3.55. The number of hydrogen-bond acceptors (Lipinski definition) is 4. The monoisotopic (exact) mass is 210 g/mol. The van der Waals surface area contributed by atoms with Crippen molar-refractivity contribution in [2.24, 2.45) is 0 Å². The summed E-state index contributed by atoms with van der Waals surface area (Å²) in [4.78, 5) is 0. The van der Waals surface area contributed by atoms with Gasteiger partial charge in [0, 0.05) is 6.61 Å². The van der Waals surface area contributed by atoms with Crippen molar-refractivity contribution in [1.29, 1.82) is 0 Å². The molecule has 1 aromatic carbocycles. The van der Waals surface area contributed by atoms with Gasteiger partial charge in [-0.1, -0.05) is 18.2 Å². The maximum atomic E-state index is 9.46. The largest absolute Gasteiger partial charge is 0.441 e. The third-order valence-corrected chi connectivity index (χ3v) is 2.18. The second kappa shape index (κ2) is 5.11. The van der Waals surface area contributed by atoms with Crippen LogP contribution in [0.25, 0.3) is 0 Å². The van der Waals surface area contributed by atoms with Crippen molar-refractivity contribution in [2.45, 2.75) is 19.0 Å². The van der Waals surface area contributed by atoms with Crippen LogP contribution in [-0.4, -0.2) is 30.9 Å². The third kappa shape index (κ3) is 3.20. The predicted octanol–water partition coefficient (Wildman–Crippen LogP) is 1.15. The van der Waals surface area contributed by atoms with Crippen LogP contribution in [0, 0.1) is 0 Å². The van der Waals surface area contributed by atoms with Crippen molar-refractivity contribution < 1.29 is 19.3 Å². The lowest BCUT2D eigenvalue weighted by Crippen LogP contribution is -2.26. The molecule has 15 heavy (non-hydrogen) atoms. The first kappa shape index (κ1) is 10.4. The quantitative estimate of drug-likeness (QED) is 0.757. The fourth-order valence-corrected chi connectivity index (χ4v) is 1.43. The molecule has 1 saturated heterocycles. The molecular weight excluding hydrogens is 196 g/mol. The van der Waals surface area contributed by atoms with Gasteiger partial charge in [-0.3, -0.25) is 0 Å². The minimum atomic E-state index is -1.22. The molecule has 1 heterocycles. The molecule has 4 heteroatoms. The molecular formula is C11H14O4. The molecule has 2 rings (SSSR count). The molecule has 0 aliphatic carbocycles. The number of benzene rings is 1. The molecule has 2 unspecified atom stereocenters. The Morgan fingerprint density at radius 3 is 2.80 bits per heavy atom.